The van der Waals surface area contributed by atoms with Crippen molar-refractivity contribution in [2.45, 2.75) is 45.1 Å². The van der Waals surface area contributed by atoms with Crippen molar-refractivity contribution in [1.29, 1.82) is 0 Å². The molecule has 0 aromatic rings. The summed E-state index contributed by atoms with van der Waals surface area (Å²) in [5, 5.41) is 10.2. The van der Waals surface area contributed by atoms with E-state index in [0.29, 0.717) is 6.61 Å². The van der Waals surface area contributed by atoms with Gasteiger partial charge in [0.25, 0.3) is 0 Å². The fraction of sp³-hybridized carbons (Fsp3) is 0.769. The number of rotatable bonds is 5. The van der Waals surface area contributed by atoms with Crippen LogP contribution in [0, 0.1) is 11.8 Å². The van der Waals surface area contributed by atoms with E-state index in [9.17, 15) is 9.90 Å². The molecule has 3 nitrogen and oxygen atoms in total. The lowest BCUT2D eigenvalue weighted by Crippen LogP contribution is -2.35. The molecule has 0 amide bonds. The molecule has 1 rings (SSSR count). The predicted molar refractivity (Wildman–Crippen MR) is 62.9 cm³/mol. The third kappa shape index (κ3) is 3.34. The molecule has 1 aliphatic carbocycles. The number of ether oxygens (including phenoxy) is 1. The first-order valence-corrected chi connectivity index (χ1v) is 6.18. The average Bonchev–Trinajstić information content (AvgIpc) is 2.31. The minimum Gasteiger partial charge on any atom is -0.465 e. The van der Waals surface area contributed by atoms with Gasteiger partial charge in [0.2, 0.25) is 0 Å². The van der Waals surface area contributed by atoms with Crippen LogP contribution in [0.5, 0.6) is 0 Å². The Bertz CT molecular complexity index is 231. The van der Waals surface area contributed by atoms with Crippen LogP contribution in [0.15, 0.2) is 12.7 Å². The summed E-state index contributed by atoms with van der Waals surface area (Å²) in [6.07, 6.45) is 6.42. The van der Waals surface area contributed by atoms with E-state index in [1.54, 1.807) is 6.92 Å². The Morgan fingerprint density at radius 3 is 2.62 bits per heavy atom. The minimum atomic E-state index is -0.628. The Hall–Kier alpha value is -0.830. The first-order valence-electron chi connectivity index (χ1n) is 6.18. The maximum Gasteiger partial charge on any atom is 0.315 e. The van der Waals surface area contributed by atoms with Crippen molar-refractivity contribution in [1.82, 2.24) is 0 Å². The quantitative estimate of drug-likeness (QED) is 0.578. The molecule has 0 aromatic carbocycles. The molecule has 0 aromatic heterocycles. The number of carbonyl (C=O) groups excluding carboxylic acids is 1. The van der Waals surface area contributed by atoms with E-state index in [-0.39, 0.29) is 11.9 Å². The van der Waals surface area contributed by atoms with Crippen LogP contribution in [-0.4, -0.2) is 23.8 Å². The summed E-state index contributed by atoms with van der Waals surface area (Å²) in [5.41, 5.74) is 0. The van der Waals surface area contributed by atoms with Crippen LogP contribution in [0.3, 0.4) is 0 Å². The van der Waals surface area contributed by atoms with Gasteiger partial charge in [0.05, 0.1) is 12.7 Å². The molecule has 16 heavy (non-hydrogen) atoms. The van der Waals surface area contributed by atoms with Crippen molar-refractivity contribution < 1.29 is 14.6 Å². The highest BCUT2D eigenvalue weighted by Gasteiger charge is 2.32. The van der Waals surface area contributed by atoms with Crippen LogP contribution in [0.1, 0.15) is 39.0 Å². The lowest BCUT2D eigenvalue weighted by molar-refractivity contribution is -0.151. The summed E-state index contributed by atoms with van der Waals surface area (Å²) in [4.78, 5) is 11.6. The van der Waals surface area contributed by atoms with Gasteiger partial charge >= 0.3 is 5.97 Å². The van der Waals surface area contributed by atoms with Crippen LogP contribution in [0.2, 0.25) is 0 Å². The Morgan fingerprint density at radius 2 is 2.12 bits per heavy atom. The zero-order chi connectivity index (χ0) is 12.0. The smallest absolute Gasteiger partial charge is 0.315 e. The van der Waals surface area contributed by atoms with Crippen LogP contribution >= 0.6 is 0 Å². The second kappa shape index (κ2) is 6.69. The van der Waals surface area contributed by atoms with E-state index in [4.69, 9.17) is 4.74 Å². The molecule has 2 atom stereocenters. The molecular formula is C13H22O3. The second-order valence-electron chi connectivity index (χ2n) is 4.40. The fourth-order valence-corrected chi connectivity index (χ4v) is 2.38. The minimum absolute atomic E-state index is 0.223. The molecule has 92 valence electrons. The number of esters is 1. The number of carbonyl (C=O) groups is 1. The van der Waals surface area contributed by atoms with Crippen molar-refractivity contribution in [3.05, 3.63) is 12.7 Å². The van der Waals surface area contributed by atoms with Gasteiger partial charge in [0.15, 0.2) is 0 Å². The Balaban J connectivity index is 2.56. The van der Waals surface area contributed by atoms with Crippen LogP contribution < -0.4 is 0 Å². The van der Waals surface area contributed by atoms with Crippen molar-refractivity contribution in [2.24, 2.45) is 11.8 Å². The summed E-state index contributed by atoms with van der Waals surface area (Å²) in [6, 6.07) is 0. The van der Waals surface area contributed by atoms with Crippen LogP contribution in [0.25, 0.3) is 0 Å². The highest BCUT2D eigenvalue weighted by atomic mass is 16.5. The van der Waals surface area contributed by atoms with Crippen molar-refractivity contribution in [2.75, 3.05) is 6.61 Å². The summed E-state index contributed by atoms with van der Waals surface area (Å²) in [5.74, 6) is -0.695. The molecule has 0 saturated heterocycles. The summed E-state index contributed by atoms with van der Waals surface area (Å²) >= 11 is 0. The summed E-state index contributed by atoms with van der Waals surface area (Å²) in [6.45, 7) is 5.74. The molecule has 0 radical (unpaired) electrons. The van der Waals surface area contributed by atoms with Gasteiger partial charge in [0.1, 0.15) is 5.92 Å². The van der Waals surface area contributed by atoms with Gasteiger partial charge in [-0.05, 0) is 25.7 Å². The van der Waals surface area contributed by atoms with Crippen LogP contribution in [0.4, 0.5) is 0 Å². The van der Waals surface area contributed by atoms with Gasteiger partial charge in [0, 0.05) is 0 Å². The van der Waals surface area contributed by atoms with Gasteiger partial charge in [-0.3, -0.25) is 4.79 Å². The molecule has 0 aliphatic heterocycles. The predicted octanol–water partition coefficient (Wildman–Crippen LogP) is 2.29. The molecule has 0 bridgehead atoms. The molecule has 3 heteroatoms. The van der Waals surface area contributed by atoms with Gasteiger partial charge < -0.3 is 9.84 Å². The number of hydrogen-bond acceptors (Lipinski definition) is 3. The van der Waals surface area contributed by atoms with Gasteiger partial charge in [-0.2, -0.15) is 0 Å². The van der Waals surface area contributed by atoms with Gasteiger partial charge in [-0.25, -0.2) is 0 Å². The topological polar surface area (TPSA) is 46.5 Å². The lowest BCUT2D eigenvalue weighted by atomic mass is 9.80. The second-order valence-corrected chi connectivity index (χ2v) is 4.40. The SMILES string of the molecule is C=C[C@H](C(=O)OCC)[C@@H](O)C1CCCCC1. The molecule has 1 saturated carbocycles. The normalized spacial score (nSPS) is 21.1. The fourth-order valence-electron chi connectivity index (χ4n) is 2.38. The monoisotopic (exact) mass is 226 g/mol. The van der Waals surface area contributed by atoms with Crippen LogP contribution in [-0.2, 0) is 9.53 Å². The van der Waals surface area contributed by atoms with Gasteiger partial charge in [-0.15, -0.1) is 6.58 Å². The van der Waals surface area contributed by atoms with E-state index in [0.717, 1.165) is 25.7 Å². The van der Waals surface area contributed by atoms with E-state index in [1.165, 1.54) is 12.5 Å². The first kappa shape index (κ1) is 13.2. The van der Waals surface area contributed by atoms with E-state index in [1.807, 2.05) is 0 Å². The largest absolute Gasteiger partial charge is 0.465 e. The molecular weight excluding hydrogens is 204 g/mol. The Morgan fingerprint density at radius 1 is 1.50 bits per heavy atom. The van der Waals surface area contributed by atoms with E-state index < -0.39 is 12.0 Å². The maximum absolute atomic E-state index is 11.6. The lowest BCUT2D eigenvalue weighted by Gasteiger charge is -2.29. The number of hydrogen-bond donors (Lipinski definition) is 1. The van der Waals surface area contributed by atoms with Crippen molar-refractivity contribution in [3.63, 3.8) is 0 Å². The highest BCUT2D eigenvalue weighted by molar-refractivity contribution is 5.75. The molecule has 0 spiro atoms. The third-order valence-corrected chi connectivity index (χ3v) is 3.31. The highest BCUT2D eigenvalue weighted by Crippen LogP contribution is 2.30. The number of aliphatic hydroxyl groups excluding tert-OH is 1. The standard InChI is InChI=1S/C13H22O3/c1-3-11(13(15)16-4-2)12(14)10-8-6-5-7-9-10/h3,10-12,14H,1,4-9H2,2H3/t11-,12-/m0/s1. The zero-order valence-corrected chi connectivity index (χ0v) is 10.0. The summed E-state index contributed by atoms with van der Waals surface area (Å²) < 4.78 is 4.94. The number of aliphatic hydroxyl groups is 1. The zero-order valence-electron chi connectivity index (χ0n) is 10.0. The summed E-state index contributed by atoms with van der Waals surface area (Å²) in [7, 11) is 0. The Kier molecular flexibility index (Phi) is 5.53. The molecule has 0 heterocycles. The molecule has 0 unspecified atom stereocenters. The Labute approximate surface area is 97.5 Å². The molecule has 1 fully saturated rings. The van der Waals surface area contributed by atoms with E-state index >= 15 is 0 Å². The molecule has 1 aliphatic rings. The maximum atomic E-state index is 11.6. The van der Waals surface area contributed by atoms with E-state index in [2.05, 4.69) is 6.58 Å². The third-order valence-electron chi connectivity index (χ3n) is 3.31. The van der Waals surface area contributed by atoms with Crippen molar-refractivity contribution in [3.8, 4) is 0 Å². The van der Waals surface area contributed by atoms with Crippen molar-refractivity contribution >= 4 is 5.97 Å². The molecule has 1 N–H and O–H groups in total. The average molecular weight is 226 g/mol. The first-order chi connectivity index (χ1) is 7.70. The van der Waals surface area contributed by atoms with Gasteiger partial charge in [-0.1, -0.05) is 25.3 Å².